The van der Waals surface area contributed by atoms with E-state index in [0.29, 0.717) is 26.0 Å². The molecule has 0 aromatic heterocycles. The standard InChI is InChI=1S/C15H28N2O4/c1-4-15(5-2,12(18)19)11-17-13(20)16-10-14(6-7-14)8-9-21-3/h4-11H2,1-3H3,(H,18,19)(H2,16,17,20). The van der Waals surface area contributed by atoms with Crippen molar-refractivity contribution in [2.75, 3.05) is 26.8 Å². The first-order valence-electron chi connectivity index (χ1n) is 7.67. The molecule has 6 heteroatoms. The summed E-state index contributed by atoms with van der Waals surface area (Å²) in [6.45, 7) is 5.16. The Balaban J connectivity index is 2.35. The van der Waals surface area contributed by atoms with Crippen molar-refractivity contribution in [1.82, 2.24) is 10.6 Å². The molecule has 0 aromatic carbocycles. The molecular weight excluding hydrogens is 272 g/mol. The van der Waals surface area contributed by atoms with E-state index in [-0.39, 0.29) is 18.0 Å². The number of carbonyl (C=O) groups is 2. The number of carboxylic acid groups (broad SMARTS) is 1. The number of rotatable bonds is 10. The number of ether oxygens (including phenoxy) is 1. The summed E-state index contributed by atoms with van der Waals surface area (Å²) in [6, 6.07) is -0.286. The third kappa shape index (κ3) is 4.88. The van der Waals surface area contributed by atoms with Crippen molar-refractivity contribution in [1.29, 1.82) is 0 Å². The van der Waals surface area contributed by atoms with E-state index in [0.717, 1.165) is 19.3 Å². The molecule has 1 fully saturated rings. The molecule has 1 rings (SSSR count). The van der Waals surface area contributed by atoms with Gasteiger partial charge in [0.1, 0.15) is 0 Å². The molecule has 0 bridgehead atoms. The molecule has 0 heterocycles. The third-order valence-electron chi connectivity index (χ3n) is 4.81. The van der Waals surface area contributed by atoms with Gasteiger partial charge in [-0.1, -0.05) is 13.8 Å². The highest BCUT2D eigenvalue weighted by atomic mass is 16.5. The topological polar surface area (TPSA) is 87.7 Å². The number of carbonyl (C=O) groups excluding carboxylic acids is 1. The molecule has 1 saturated carbocycles. The minimum absolute atomic E-state index is 0.159. The van der Waals surface area contributed by atoms with Crippen LogP contribution >= 0.6 is 0 Å². The molecule has 21 heavy (non-hydrogen) atoms. The number of hydrogen-bond acceptors (Lipinski definition) is 3. The van der Waals surface area contributed by atoms with Crippen molar-refractivity contribution in [3.8, 4) is 0 Å². The summed E-state index contributed by atoms with van der Waals surface area (Å²) < 4.78 is 5.08. The Morgan fingerprint density at radius 1 is 1.24 bits per heavy atom. The second-order valence-electron chi connectivity index (χ2n) is 6.07. The lowest BCUT2D eigenvalue weighted by Gasteiger charge is -2.27. The molecule has 0 radical (unpaired) electrons. The lowest BCUT2D eigenvalue weighted by Crippen LogP contribution is -2.46. The number of nitrogens with one attached hydrogen (secondary N) is 2. The second-order valence-corrected chi connectivity index (χ2v) is 6.07. The van der Waals surface area contributed by atoms with Gasteiger partial charge in [-0.3, -0.25) is 4.79 Å². The van der Waals surface area contributed by atoms with E-state index in [1.54, 1.807) is 7.11 Å². The van der Waals surface area contributed by atoms with Gasteiger partial charge in [0.05, 0.1) is 5.41 Å². The van der Waals surface area contributed by atoms with Crippen LogP contribution in [-0.4, -0.2) is 43.9 Å². The molecule has 0 aromatic rings. The van der Waals surface area contributed by atoms with Gasteiger partial charge in [0.2, 0.25) is 0 Å². The third-order valence-corrected chi connectivity index (χ3v) is 4.81. The van der Waals surface area contributed by atoms with Gasteiger partial charge in [0.25, 0.3) is 0 Å². The van der Waals surface area contributed by atoms with Gasteiger partial charge in [-0.25, -0.2) is 4.79 Å². The first-order valence-corrected chi connectivity index (χ1v) is 7.67. The van der Waals surface area contributed by atoms with Gasteiger partial charge in [-0.05, 0) is 37.5 Å². The molecule has 0 saturated heterocycles. The van der Waals surface area contributed by atoms with Crippen molar-refractivity contribution >= 4 is 12.0 Å². The van der Waals surface area contributed by atoms with E-state index in [1.165, 1.54) is 0 Å². The Morgan fingerprint density at radius 3 is 2.29 bits per heavy atom. The molecule has 1 aliphatic rings. The fraction of sp³-hybridized carbons (Fsp3) is 0.867. The Hall–Kier alpha value is -1.30. The molecule has 0 aliphatic heterocycles. The number of amides is 2. The molecule has 0 atom stereocenters. The second kappa shape index (κ2) is 7.64. The van der Waals surface area contributed by atoms with Crippen molar-refractivity contribution in [3.63, 3.8) is 0 Å². The first kappa shape index (κ1) is 17.8. The molecule has 0 spiro atoms. The monoisotopic (exact) mass is 300 g/mol. The lowest BCUT2D eigenvalue weighted by molar-refractivity contribution is -0.149. The maximum atomic E-state index is 11.8. The van der Waals surface area contributed by atoms with Gasteiger partial charge in [0, 0.05) is 26.8 Å². The molecule has 0 unspecified atom stereocenters. The summed E-state index contributed by atoms with van der Waals surface area (Å²) in [6.07, 6.45) is 4.17. The average Bonchev–Trinajstić information content (AvgIpc) is 3.25. The van der Waals surface area contributed by atoms with E-state index in [1.807, 2.05) is 13.8 Å². The Bertz CT molecular complexity index is 363. The summed E-state index contributed by atoms with van der Waals surface area (Å²) in [4.78, 5) is 23.2. The molecule has 3 N–H and O–H groups in total. The Kier molecular flexibility index (Phi) is 6.45. The summed E-state index contributed by atoms with van der Waals surface area (Å²) in [5, 5.41) is 14.9. The number of hydrogen-bond donors (Lipinski definition) is 3. The van der Waals surface area contributed by atoms with Crippen LogP contribution in [0.5, 0.6) is 0 Å². The predicted molar refractivity (Wildman–Crippen MR) is 80.2 cm³/mol. The largest absolute Gasteiger partial charge is 0.481 e. The molecule has 122 valence electrons. The zero-order chi connectivity index (χ0) is 15.9. The van der Waals surface area contributed by atoms with Crippen LogP contribution in [0.1, 0.15) is 46.0 Å². The molecule has 6 nitrogen and oxygen atoms in total. The smallest absolute Gasteiger partial charge is 0.314 e. The van der Waals surface area contributed by atoms with Gasteiger partial charge in [-0.15, -0.1) is 0 Å². The van der Waals surface area contributed by atoms with Crippen LogP contribution < -0.4 is 10.6 Å². The highest BCUT2D eigenvalue weighted by Gasteiger charge is 2.42. The molecule has 1 aliphatic carbocycles. The summed E-state index contributed by atoms with van der Waals surface area (Å²) in [5.41, 5.74) is -0.683. The SMILES string of the molecule is CCC(CC)(CNC(=O)NCC1(CCOC)CC1)C(=O)O. The fourth-order valence-corrected chi connectivity index (χ4v) is 2.47. The van der Waals surface area contributed by atoms with Crippen LogP contribution in [0.25, 0.3) is 0 Å². The number of aliphatic carboxylic acids is 1. The minimum atomic E-state index is -0.870. The summed E-state index contributed by atoms with van der Waals surface area (Å²) >= 11 is 0. The van der Waals surface area contributed by atoms with Crippen molar-refractivity contribution in [2.45, 2.75) is 46.0 Å². The highest BCUT2D eigenvalue weighted by molar-refractivity contribution is 5.78. The summed E-state index contributed by atoms with van der Waals surface area (Å²) in [7, 11) is 1.68. The average molecular weight is 300 g/mol. The van der Waals surface area contributed by atoms with Gasteiger partial charge in [0.15, 0.2) is 0 Å². The van der Waals surface area contributed by atoms with Crippen molar-refractivity contribution in [2.24, 2.45) is 10.8 Å². The van der Waals surface area contributed by atoms with Gasteiger partial charge >= 0.3 is 12.0 Å². The maximum absolute atomic E-state index is 11.8. The maximum Gasteiger partial charge on any atom is 0.314 e. The van der Waals surface area contributed by atoms with Crippen LogP contribution in [-0.2, 0) is 9.53 Å². The minimum Gasteiger partial charge on any atom is -0.481 e. The predicted octanol–water partition coefficient (Wildman–Crippen LogP) is 1.99. The lowest BCUT2D eigenvalue weighted by atomic mass is 9.82. The fourth-order valence-electron chi connectivity index (χ4n) is 2.47. The number of carboxylic acids is 1. The first-order chi connectivity index (χ1) is 9.93. The van der Waals surface area contributed by atoms with Crippen LogP contribution in [0.2, 0.25) is 0 Å². The van der Waals surface area contributed by atoms with Gasteiger partial charge < -0.3 is 20.5 Å². The van der Waals surface area contributed by atoms with E-state index in [9.17, 15) is 14.7 Å². The van der Waals surface area contributed by atoms with Crippen LogP contribution in [0, 0.1) is 10.8 Å². The molecule has 2 amide bonds. The number of urea groups is 1. The normalized spacial score (nSPS) is 16.3. The van der Waals surface area contributed by atoms with E-state index in [4.69, 9.17) is 4.74 Å². The van der Waals surface area contributed by atoms with Crippen LogP contribution in [0.15, 0.2) is 0 Å². The van der Waals surface area contributed by atoms with Crippen molar-refractivity contribution in [3.05, 3.63) is 0 Å². The summed E-state index contributed by atoms with van der Waals surface area (Å²) in [5.74, 6) is -0.855. The van der Waals surface area contributed by atoms with E-state index in [2.05, 4.69) is 10.6 Å². The Labute approximate surface area is 126 Å². The number of methoxy groups -OCH3 is 1. The van der Waals surface area contributed by atoms with Gasteiger partial charge in [-0.2, -0.15) is 0 Å². The zero-order valence-corrected chi connectivity index (χ0v) is 13.3. The van der Waals surface area contributed by atoms with Crippen molar-refractivity contribution < 1.29 is 19.4 Å². The van der Waals surface area contributed by atoms with E-state index < -0.39 is 11.4 Å². The zero-order valence-electron chi connectivity index (χ0n) is 13.3. The van der Waals surface area contributed by atoms with E-state index >= 15 is 0 Å². The quantitative estimate of drug-likeness (QED) is 0.576. The van der Waals surface area contributed by atoms with Crippen LogP contribution in [0.3, 0.4) is 0 Å². The van der Waals surface area contributed by atoms with Crippen LogP contribution in [0.4, 0.5) is 4.79 Å². The highest BCUT2D eigenvalue weighted by Crippen LogP contribution is 2.48. The Morgan fingerprint density at radius 2 is 1.86 bits per heavy atom. The molecular formula is C15H28N2O4.